The summed E-state index contributed by atoms with van der Waals surface area (Å²) in [4.78, 5) is 11.1. The van der Waals surface area contributed by atoms with Crippen molar-refractivity contribution >= 4 is 23.1 Å². The number of carbonyl (C=O) groups excluding carboxylic acids is 1. The molecular weight excluding hydrogens is 207 g/mol. The molecule has 0 aliphatic rings. The lowest BCUT2D eigenvalue weighted by atomic mass is 10.1. The van der Waals surface area contributed by atoms with Gasteiger partial charge in [0.1, 0.15) is 6.07 Å². The van der Waals surface area contributed by atoms with Gasteiger partial charge in [0.05, 0.1) is 17.0 Å². The Labute approximate surface area is 84.9 Å². The van der Waals surface area contributed by atoms with Gasteiger partial charge in [0.25, 0.3) is 0 Å². The summed E-state index contributed by atoms with van der Waals surface area (Å²) in [5.74, 6) is -1.80. The molecule has 0 bridgehead atoms. The van der Waals surface area contributed by atoms with Gasteiger partial charge < -0.3 is 5.73 Å². The average Bonchev–Trinajstić information content (AvgIpc) is 2.19. The number of alkyl halides is 1. The number of nitrogens with two attached hydrogens (primary N) is 1. The molecule has 0 atom stereocenters. The van der Waals surface area contributed by atoms with Crippen molar-refractivity contribution in [1.82, 2.24) is 0 Å². The van der Waals surface area contributed by atoms with Crippen molar-refractivity contribution in [1.29, 1.82) is 5.26 Å². The lowest BCUT2D eigenvalue weighted by molar-refractivity contribution is 0.101. The molecular formula is C9H6ClFN2O. The molecule has 0 saturated carbocycles. The van der Waals surface area contributed by atoms with Crippen LogP contribution in [0.15, 0.2) is 12.1 Å². The number of anilines is 1. The number of hydrogen-bond acceptors (Lipinski definition) is 3. The van der Waals surface area contributed by atoms with Crippen molar-refractivity contribution in [3.05, 3.63) is 29.1 Å². The maximum atomic E-state index is 13.3. The summed E-state index contributed by atoms with van der Waals surface area (Å²) in [6.45, 7) is 0. The van der Waals surface area contributed by atoms with Crippen LogP contribution in [0.3, 0.4) is 0 Å². The van der Waals surface area contributed by atoms with Crippen LogP contribution in [0.2, 0.25) is 0 Å². The van der Waals surface area contributed by atoms with Crippen LogP contribution >= 0.6 is 11.6 Å². The number of nitrogens with zero attached hydrogens (tertiary/aromatic N) is 1. The molecule has 0 fully saturated rings. The quantitative estimate of drug-likeness (QED) is 0.461. The Morgan fingerprint density at radius 1 is 1.64 bits per heavy atom. The fourth-order valence-corrected chi connectivity index (χ4v) is 1.15. The van der Waals surface area contributed by atoms with E-state index in [1.165, 1.54) is 12.1 Å². The van der Waals surface area contributed by atoms with Gasteiger partial charge in [-0.25, -0.2) is 4.39 Å². The zero-order chi connectivity index (χ0) is 10.7. The minimum atomic E-state index is -0.868. The average molecular weight is 213 g/mol. The van der Waals surface area contributed by atoms with Crippen molar-refractivity contribution in [3.63, 3.8) is 0 Å². The Bertz CT molecular complexity index is 426. The van der Waals surface area contributed by atoms with Crippen LogP contribution < -0.4 is 5.73 Å². The standard InChI is InChI=1S/C9H6ClFN2O/c10-3-8(14)7-2-6(13)1-5(4-12)9(7)11/h1-2H,3,13H2. The van der Waals surface area contributed by atoms with Crippen LogP contribution in [-0.4, -0.2) is 11.7 Å². The van der Waals surface area contributed by atoms with Crippen LogP contribution in [0, 0.1) is 17.1 Å². The molecule has 0 radical (unpaired) electrons. The van der Waals surface area contributed by atoms with Crippen molar-refractivity contribution in [3.8, 4) is 6.07 Å². The summed E-state index contributed by atoms with van der Waals surface area (Å²) in [5, 5.41) is 8.53. The second-order valence-corrected chi connectivity index (χ2v) is 2.87. The fourth-order valence-electron chi connectivity index (χ4n) is 1.00. The summed E-state index contributed by atoms with van der Waals surface area (Å²) in [5.41, 5.74) is 5.06. The Kier molecular flexibility index (Phi) is 3.05. The van der Waals surface area contributed by atoms with Gasteiger partial charge >= 0.3 is 0 Å². The molecule has 0 spiro atoms. The highest BCUT2D eigenvalue weighted by molar-refractivity contribution is 6.30. The third kappa shape index (κ3) is 1.83. The second kappa shape index (κ2) is 4.07. The molecule has 0 aliphatic heterocycles. The molecule has 0 unspecified atom stereocenters. The van der Waals surface area contributed by atoms with E-state index in [0.29, 0.717) is 0 Å². The van der Waals surface area contributed by atoms with Gasteiger partial charge in [0.15, 0.2) is 11.6 Å². The topological polar surface area (TPSA) is 66.9 Å². The first-order valence-electron chi connectivity index (χ1n) is 3.68. The van der Waals surface area contributed by atoms with E-state index in [0.717, 1.165) is 0 Å². The number of hydrogen-bond donors (Lipinski definition) is 1. The SMILES string of the molecule is N#Cc1cc(N)cc(C(=O)CCl)c1F. The lowest BCUT2D eigenvalue weighted by Crippen LogP contribution is -2.06. The normalized spacial score (nSPS) is 9.50. The maximum Gasteiger partial charge on any atom is 0.180 e. The van der Waals surface area contributed by atoms with Crippen molar-refractivity contribution in [2.75, 3.05) is 11.6 Å². The van der Waals surface area contributed by atoms with Gasteiger partial charge in [-0.05, 0) is 12.1 Å². The number of rotatable bonds is 2. The third-order valence-electron chi connectivity index (χ3n) is 1.64. The monoisotopic (exact) mass is 212 g/mol. The van der Waals surface area contributed by atoms with E-state index in [4.69, 9.17) is 22.6 Å². The highest BCUT2D eigenvalue weighted by atomic mass is 35.5. The summed E-state index contributed by atoms with van der Waals surface area (Å²) in [6.07, 6.45) is 0. The number of ketones is 1. The molecule has 72 valence electrons. The predicted octanol–water partition coefficient (Wildman–Crippen LogP) is 1.70. The smallest absolute Gasteiger partial charge is 0.180 e. The Morgan fingerprint density at radius 2 is 2.29 bits per heavy atom. The molecule has 5 heteroatoms. The van der Waals surface area contributed by atoms with Gasteiger partial charge in [0, 0.05) is 5.69 Å². The van der Waals surface area contributed by atoms with Crippen LogP contribution in [0.4, 0.5) is 10.1 Å². The minimum absolute atomic E-state index is 0.163. The summed E-state index contributed by atoms with van der Waals surface area (Å²) < 4.78 is 13.3. The number of nitrogen functional groups attached to an aromatic ring is 1. The highest BCUT2D eigenvalue weighted by Gasteiger charge is 2.15. The van der Waals surface area contributed by atoms with Crippen LogP contribution in [0.25, 0.3) is 0 Å². The molecule has 14 heavy (non-hydrogen) atoms. The Balaban J connectivity index is 3.38. The van der Waals surface area contributed by atoms with Gasteiger partial charge in [-0.1, -0.05) is 0 Å². The minimum Gasteiger partial charge on any atom is -0.399 e. The van der Waals surface area contributed by atoms with Gasteiger partial charge in [-0.2, -0.15) is 5.26 Å². The van der Waals surface area contributed by atoms with E-state index < -0.39 is 11.6 Å². The zero-order valence-corrected chi connectivity index (χ0v) is 7.81. The second-order valence-electron chi connectivity index (χ2n) is 2.60. The summed E-state index contributed by atoms with van der Waals surface area (Å²) in [6, 6.07) is 3.94. The van der Waals surface area contributed by atoms with Gasteiger partial charge in [-0.15, -0.1) is 11.6 Å². The van der Waals surface area contributed by atoms with E-state index in [-0.39, 0.29) is 22.7 Å². The molecule has 0 aromatic heterocycles. The van der Waals surface area contributed by atoms with Gasteiger partial charge in [-0.3, -0.25) is 4.79 Å². The van der Waals surface area contributed by atoms with Gasteiger partial charge in [0.2, 0.25) is 0 Å². The third-order valence-corrected chi connectivity index (χ3v) is 1.88. The molecule has 0 aliphatic carbocycles. The van der Waals surface area contributed by atoms with E-state index in [1.54, 1.807) is 6.07 Å². The Hall–Kier alpha value is -1.60. The zero-order valence-electron chi connectivity index (χ0n) is 7.05. The molecule has 3 nitrogen and oxygen atoms in total. The number of nitriles is 1. The molecule has 1 aromatic rings. The molecule has 1 rings (SSSR count). The predicted molar refractivity (Wildman–Crippen MR) is 50.6 cm³/mol. The first-order valence-corrected chi connectivity index (χ1v) is 4.22. The van der Waals surface area contributed by atoms with Crippen LogP contribution in [0.1, 0.15) is 15.9 Å². The largest absolute Gasteiger partial charge is 0.399 e. The van der Waals surface area contributed by atoms with Crippen molar-refractivity contribution in [2.24, 2.45) is 0 Å². The van der Waals surface area contributed by atoms with E-state index in [9.17, 15) is 9.18 Å². The van der Waals surface area contributed by atoms with Crippen molar-refractivity contribution in [2.45, 2.75) is 0 Å². The Morgan fingerprint density at radius 3 is 2.79 bits per heavy atom. The molecule has 1 aromatic carbocycles. The van der Waals surface area contributed by atoms with E-state index in [2.05, 4.69) is 0 Å². The number of Topliss-reactive ketones (excluding diaryl/α,β-unsaturated/α-hetero) is 1. The first-order chi connectivity index (χ1) is 6.60. The molecule has 2 N–H and O–H groups in total. The number of benzene rings is 1. The maximum absolute atomic E-state index is 13.3. The van der Waals surface area contributed by atoms with E-state index >= 15 is 0 Å². The fraction of sp³-hybridized carbons (Fsp3) is 0.111. The molecule has 0 saturated heterocycles. The van der Waals surface area contributed by atoms with Crippen LogP contribution in [-0.2, 0) is 0 Å². The highest BCUT2D eigenvalue weighted by Crippen LogP contribution is 2.18. The first kappa shape index (κ1) is 10.5. The van der Waals surface area contributed by atoms with Crippen LogP contribution in [0.5, 0.6) is 0 Å². The number of carbonyl (C=O) groups is 1. The molecule has 0 heterocycles. The number of halogens is 2. The lowest BCUT2D eigenvalue weighted by Gasteiger charge is -2.02. The molecule has 0 amide bonds. The summed E-state index contributed by atoms with van der Waals surface area (Å²) in [7, 11) is 0. The summed E-state index contributed by atoms with van der Waals surface area (Å²) >= 11 is 5.27. The van der Waals surface area contributed by atoms with Crippen molar-refractivity contribution < 1.29 is 9.18 Å². The van der Waals surface area contributed by atoms with E-state index in [1.807, 2.05) is 0 Å².